The first-order valence-corrected chi connectivity index (χ1v) is 5.31. The van der Waals surface area contributed by atoms with E-state index in [1.54, 1.807) is 20.8 Å². The quantitative estimate of drug-likeness (QED) is 0.873. The van der Waals surface area contributed by atoms with Gasteiger partial charge in [-0.15, -0.1) is 0 Å². The molecule has 0 unspecified atom stereocenters. The van der Waals surface area contributed by atoms with Gasteiger partial charge in [0, 0.05) is 12.1 Å². The minimum atomic E-state index is -0.608. The lowest BCUT2D eigenvalue weighted by molar-refractivity contribution is 0.0943. The fourth-order valence-electron chi connectivity index (χ4n) is 1.32. The predicted octanol–water partition coefficient (Wildman–Crippen LogP) is 2.41. The molecule has 1 rings (SSSR count). The van der Waals surface area contributed by atoms with Crippen LogP contribution < -0.4 is 5.32 Å². The number of carbonyl (C=O) groups excluding carboxylic acids is 1. The summed E-state index contributed by atoms with van der Waals surface area (Å²) < 4.78 is 12.9. The summed E-state index contributed by atoms with van der Waals surface area (Å²) in [5.41, 5.74) is 0.404. The first-order chi connectivity index (χ1) is 7.85. The van der Waals surface area contributed by atoms with E-state index >= 15 is 0 Å². The number of benzene rings is 1. The fraction of sp³-hybridized carbons (Fsp3) is 0.385. The molecule has 0 aliphatic carbocycles. The topological polar surface area (TPSA) is 52.9 Å². The maximum absolute atomic E-state index is 12.9. The number of halogens is 1. The number of hydrogen-bond donors (Lipinski definition) is 1. The standard InChI is InChI=1S/C13H15FN2O/c1-9-6-10(14)4-5-11(9)12(17)16-8-13(2,3)7-15/h4-6H,8H2,1-3H3,(H,16,17). The van der Waals surface area contributed by atoms with Crippen molar-refractivity contribution < 1.29 is 9.18 Å². The molecule has 0 aliphatic heterocycles. The summed E-state index contributed by atoms with van der Waals surface area (Å²) in [4.78, 5) is 11.8. The molecule has 0 saturated carbocycles. The van der Waals surface area contributed by atoms with Gasteiger partial charge in [0.1, 0.15) is 5.82 Å². The molecular formula is C13H15FN2O. The van der Waals surface area contributed by atoms with Gasteiger partial charge in [-0.1, -0.05) is 0 Å². The SMILES string of the molecule is Cc1cc(F)ccc1C(=O)NCC(C)(C)C#N. The van der Waals surface area contributed by atoms with Crippen LogP contribution in [0.25, 0.3) is 0 Å². The molecule has 0 atom stereocenters. The lowest BCUT2D eigenvalue weighted by Gasteiger charge is -2.16. The van der Waals surface area contributed by atoms with Crippen LogP contribution in [0.4, 0.5) is 4.39 Å². The summed E-state index contributed by atoms with van der Waals surface area (Å²) in [5.74, 6) is -0.651. The molecule has 1 aromatic carbocycles. The van der Waals surface area contributed by atoms with Gasteiger partial charge in [0.05, 0.1) is 11.5 Å². The van der Waals surface area contributed by atoms with E-state index in [1.807, 2.05) is 0 Å². The van der Waals surface area contributed by atoms with E-state index in [0.29, 0.717) is 11.1 Å². The zero-order valence-electron chi connectivity index (χ0n) is 10.2. The zero-order valence-corrected chi connectivity index (χ0v) is 10.2. The summed E-state index contributed by atoms with van der Waals surface area (Å²) in [6, 6.07) is 6.10. The van der Waals surface area contributed by atoms with Gasteiger partial charge in [-0.3, -0.25) is 4.79 Å². The molecule has 3 nitrogen and oxygen atoms in total. The number of hydrogen-bond acceptors (Lipinski definition) is 2. The van der Waals surface area contributed by atoms with Gasteiger partial charge >= 0.3 is 0 Å². The van der Waals surface area contributed by atoms with E-state index in [4.69, 9.17) is 5.26 Å². The van der Waals surface area contributed by atoms with Crippen LogP contribution in [0.1, 0.15) is 29.8 Å². The second kappa shape index (κ2) is 4.96. The molecule has 1 amide bonds. The van der Waals surface area contributed by atoms with Crippen LogP contribution in [0.3, 0.4) is 0 Å². The third-order valence-electron chi connectivity index (χ3n) is 2.43. The highest BCUT2D eigenvalue weighted by molar-refractivity contribution is 5.95. The van der Waals surface area contributed by atoms with Crippen LogP contribution in [0.15, 0.2) is 18.2 Å². The highest BCUT2D eigenvalue weighted by Crippen LogP contribution is 2.13. The summed E-state index contributed by atoms with van der Waals surface area (Å²) in [6.07, 6.45) is 0. The number of nitrogens with one attached hydrogen (secondary N) is 1. The minimum absolute atomic E-state index is 0.263. The van der Waals surface area contributed by atoms with Gasteiger partial charge in [0.25, 0.3) is 5.91 Å². The molecule has 90 valence electrons. The smallest absolute Gasteiger partial charge is 0.251 e. The number of amides is 1. The first kappa shape index (κ1) is 13.2. The van der Waals surface area contributed by atoms with Crippen molar-refractivity contribution in [2.75, 3.05) is 6.54 Å². The summed E-state index contributed by atoms with van der Waals surface area (Å²) >= 11 is 0. The van der Waals surface area contributed by atoms with Crippen molar-refractivity contribution in [2.45, 2.75) is 20.8 Å². The van der Waals surface area contributed by atoms with Gasteiger partial charge in [0.15, 0.2) is 0 Å². The Labute approximate surface area is 100 Å². The lowest BCUT2D eigenvalue weighted by atomic mass is 9.96. The first-order valence-electron chi connectivity index (χ1n) is 5.31. The van der Waals surface area contributed by atoms with Gasteiger partial charge in [-0.2, -0.15) is 5.26 Å². The molecule has 0 aromatic heterocycles. The zero-order chi connectivity index (χ0) is 13.1. The molecule has 0 spiro atoms. The van der Waals surface area contributed by atoms with E-state index < -0.39 is 5.41 Å². The summed E-state index contributed by atoms with van der Waals surface area (Å²) in [7, 11) is 0. The second-order valence-corrected chi connectivity index (χ2v) is 4.64. The number of aryl methyl sites for hydroxylation is 1. The van der Waals surface area contributed by atoms with Gasteiger partial charge in [-0.05, 0) is 44.5 Å². The third-order valence-corrected chi connectivity index (χ3v) is 2.43. The van der Waals surface area contributed by atoms with Gasteiger partial charge < -0.3 is 5.32 Å². The molecular weight excluding hydrogens is 219 g/mol. The Morgan fingerprint density at radius 3 is 2.71 bits per heavy atom. The predicted molar refractivity (Wildman–Crippen MR) is 62.9 cm³/mol. The fourth-order valence-corrected chi connectivity index (χ4v) is 1.32. The highest BCUT2D eigenvalue weighted by Gasteiger charge is 2.18. The molecule has 0 saturated heterocycles. The van der Waals surface area contributed by atoms with Crippen molar-refractivity contribution >= 4 is 5.91 Å². The molecule has 0 fully saturated rings. The number of carbonyl (C=O) groups is 1. The normalized spacial score (nSPS) is 10.8. The van der Waals surface area contributed by atoms with Crippen molar-refractivity contribution in [3.05, 3.63) is 35.1 Å². The van der Waals surface area contributed by atoms with Crippen LogP contribution in [0.5, 0.6) is 0 Å². The maximum atomic E-state index is 12.9. The molecule has 4 heteroatoms. The molecule has 17 heavy (non-hydrogen) atoms. The van der Waals surface area contributed by atoms with Crippen LogP contribution in [0, 0.1) is 29.5 Å². The average Bonchev–Trinajstić information content (AvgIpc) is 2.26. The number of rotatable bonds is 3. The minimum Gasteiger partial charge on any atom is -0.350 e. The molecule has 0 radical (unpaired) electrons. The average molecular weight is 234 g/mol. The Bertz CT molecular complexity index is 475. The van der Waals surface area contributed by atoms with Crippen molar-refractivity contribution in [1.82, 2.24) is 5.32 Å². The largest absolute Gasteiger partial charge is 0.350 e. The molecule has 0 heterocycles. The molecule has 1 aromatic rings. The molecule has 0 bridgehead atoms. The van der Waals surface area contributed by atoms with Crippen molar-refractivity contribution in [1.29, 1.82) is 5.26 Å². The Kier molecular flexibility index (Phi) is 3.84. The van der Waals surface area contributed by atoms with Crippen LogP contribution >= 0.6 is 0 Å². The van der Waals surface area contributed by atoms with E-state index in [1.165, 1.54) is 18.2 Å². The monoisotopic (exact) mass is 234 g/mol. The summed E-state index contributed by atoms with van der Waals surface area (Å²) in [5, 5.41) is 11.5. The van der Waals surface area contributed by atoms with Crippen molar-refractivity contribution in [3.8, 4) is 6.07 Å². The van der Waals surface area contributed by atoms with Crippen LogP contribution in [-0.4, -0.2) is 12.5 Å². The highest BCUT2D eigenvalue weighted by atomic mass is 19.1. The molecule has 1 N–H and O–H groups in total. The molecule has 0 aliphatic rings. The van der Waals surface area contributed by atoms with Crippen molar-refractivity contribution in [3.63, 3.8) is 0 Å². The second-order valence-electron chi connectivity index (χ2n) is 4.64. The lowest BCUT2D eigenvalue weighted by Crippen LogP contribution is -2.33. The van der Waals surface area contributed by atoms with E-state index in [2.05, 4.69) is 11.4 Å². The summed E-state index contributed by atoms with van der Waals surface area (Å²) in [6.45, 7) is 5.42. The van der Waals surface area contributed by atoms with E-state index in [9.17, 15) is 9.18 Å². The van der Waals surface area contributed by atoms with Gasteiger partial charge in [0.2, 0.25) is 0 Å². The number of nitriles is 1. The Hall–Kier alpha value is -1.89. The Balaban J connectivity index is 2.75. The Morgan fingerprint density at radius 1 is 1.53 bits per heavy atom. The van der Waals surface area contributed by atoms with E-state index in [0.717, 1.165) is 0 Å². The number of nitrogens with zero attached hydrogens (tertiary/aromatic N) is 1. The van der Waals surface area contributed by atoms with Gasteiger partial charge in [-0.25, -0.2) is 4.39 Å². The van der Waals surface area contributed by atoms with Crippen molar-refractivity contribution in [2.24, 2.45) is 5.41 Å². The van der Waals surface area contributed by atoms with Crippen LogP contribution in [-0.2, 0) is 0 Å². The maximum Gasteiger partial charge on any atom is 0.251 e. The Morgan fingerprint density at radius 2 is 2.18 bits per heavy atom. The van der Waals surface area contributed by atoms with E-state index in [-0.39, 0.29) is 18.3 Å². The van der Waals surface area contributed by atoms with Crippen LogP contribution in [0.2, 0.25) is 0 Å². The third kappa shape index (κ3) is 3.56.